The van der Waals surface area contributed by atoms with E-state index < -0.39 is 0 Å². The Morgan fingerprint density at radius 1 is 1.11 bits per heavy atom. The number of benzene rings is 1. The summed E-state index contributed by atoms with van der Waals surface area (Å²) >= 11 is 1.55. The summed E-state index contributed by atoms with van der Waals surface area (Å²) in [5.41, 5.74) is 1.31. The standard InChI is InChI=1S/C20H21N5O2S/c1-23-17-13-21-8-7-16(17)22-19(20(23)27)25-11-9-24(10-12-25)18(26)14-28-15-5-3-2-4-6-15/h2-8,13H,9-12,14H2,1H3. The molecule has 1 aromatic carbocycles. The fraction of sp³-hybridized carbons (Fsp3) is 0.300. The Kier molecular flexibility index (Phi) is 5.29. The number of carbonyl (C=O) groups is 1. The van der Waals surface area contributed by atoms with Gasteiger partial charge in [-0.3, -0.25) is 14.6 Å². The second-order valence-corrected chi connectivity index (χ2v) is 7.68. The Morgan fingerprint density at radius 3 is 2.61 bits per heavy atom. The minimum Gasteiger partial charge on any atom is -0.348 e. The molecule has 7 nitrogen and oxygen atoms in total. The zero-order valence-electron chi connectivity index (χ0n) is 15.6. The van der Waals surface area contributed by atoms with Gasteiger partial charge in [0.1, 0.15) is 0 Å². The maximum Gasteiger partial charge on any atom is 0.293 e. The molecule has 144 valence electrons. The Labute approximate surface area is 167 Å². The highest BCUT2D eigenvalue weighted by Crippen LogP contribution is 2.19. The van der Waals surface area contributed by atoms with E-state index in [0.29, 0.717) is 43.3 Å². The van der Waals surface area contributed by atoms with E-state index in [2.05, 4.69) is 9.97 Å². The van der Waals surface area contributed by atoms with E-state index in [0.717, 1.165) is 10.4 Å². The van der Waals surface area contributed by atoms with Crippen molar-refractivity contribution in [3.05, 3.63) is 59.1 Å². The number of piperazine rings is 1. The van der Waals surface area contributed by atoms with Crippen LogP contribution in [0.4, 0.5) is 5.82 Å². The average molecular weight is 395 g/mol. The second kappa shape index (κ2) is 8.02. The van der Waals surface area contributed by atoms with Gasteiger partial charge in [0.2, 0.25) is 5.91 Å². The summed E-state index contributed by atoms with van der Waals surface area (Å²) < 4.78 is 1.58. The monoisotopic (exact) mass is 395 g/mol. The smallest absolute Gasteiger partial charge is 0.293 e. The Bertz CT molecular complexity index is 1050. The molecule has 28 heavy (non-hydrogen) atoms. The number of aromatic nitrogens is 3. The number of fused-ring (bicyclic) bond motifs is 1. The lowest BCUT2D eigenvalue weighted by Crippen LogP contribution is -2.51. The van der Waals surface area contributed by atoms with Gasteiger partial charge in [-0.25, -0.2) is 4.98 Å². The van der Waals surface area contributed by atoms with Crippen LogP contribution in [0.25, 0.3) is 11.0 Å². The number of thioether (sulfide) groups is 1. The van der Waals surface area contributed by atoms with E-state index in [-0.39, 0.29) is 11.5 Å². The van der Waals surface area contributed by atoms with Crippen LogP contribution in [0.15, 0.2) is 58.5 Å². The third kappa shape index (κ3) is 3.73. The average Bonchev–Trinajstić information content (AvgIpc) is 2.75. The first-order chi connectivity index (χ1) is 13.6. The van der Waals surface area contributed by atoms with E-state index in [1.165, 1.54) is 0 Å². The molecule has 0 unspecified atom stereocenters. The van der Waals surface area contributed by atoms with Crippen LogP contribution in [0.2, 0.25) is 0 Å². The largest absolute Gasteiger partial charge is 0.348 e. The molecule has 0 bridgehead atoms. The highest BCUT2D eigenvalue weighted by Gasteiger charge is 2.24. The maximum atomic E-state index is 12.7. The Morgan fingerprint density at radius 2 is 1.86 bits per heavy atom. The molecule has 1 fully saturated rings. The number of aryl methyl sites for hydroxylation is 1. The lowest BCUT2D eigenvalue weighted by atomic mass is 10.3. The van der Waals surface area contributed by atoms with Gasteiger partial charge in [-0.05, 0) is 18.2 Å². The summed E-state index contributed by atoms with van der Waals surface area (Å²) in [6, 6.07) is 11.7. The number of pyridine rings is 1. The minimum atomic E-state index is -0.139. The molecule has 8 heteroatoms. The predicted octanol–water partition coefficient (Wildman–Crippen LogP) is 1.77. The van der Waals surface area contributed by atoms with Crippen LogP contribution in [-0.4, -0.2) is 57.3 Å². The highest BCUT2D eigenvalue weighted by atomic mass is 32.2. The van der Waals surface area contributed by atoms with Crippen molar-refractivity contribution in [1.82, 2.24) is 19.4 Å². The van der Waals surface area contributed by atoms with Gasteiger partial charge >= 0.3 is 0 Å². The van der Waals surface area contributed by atoms with Gasteiger partial charge in [-0.2, -0.15) is 0 Å². The van der Waals surface area contributed by atoms with Gasteiger partial charge in [0.05, 0.1) is 23.0 Å². The fourth-order valence-corrected chi connectivity index (χ4v) is 4.10. The molecule has 1 aliphatic heterocycles. The molecule has 0 radical (unpaired) electrons. The highest BCUT2D eigenvalue weighted by molar-refractivity contribution is 8.00. The number of rotatable bonds is 4. The molecule has 3 aromatic rings. The van der Waals surface area contributed by atoms with Gasteiger partial charge in [-0.15, -0.1) is 11.8 Å². The van der Waals surface area contributed by atoms with Crippen LogP contribution in [0, 0.1) is 0 Å². The van der Waals surface area contributed by atoms with Crippen LogP contribution in [0.5, 0.6) is 0 Å². The van der Waals surface area contributed by atoms with Crippen molar-refractivity contribution < 1.29 is 4.79 Å². The minimum absolute atomic E-state index is 0.124. The summed E-state index contributed by atoms with van der Waals surface area (Å²) in [5.74, 6) is 0.985. The van der Waals surface area contributed by atoms with Crippen molar-refractivity contribution >= 4 is 34.5 Å². The summed E-state index contributed by atoms with van der Waals surface area (Å²) in [5, 5.41) is 0. The van der Waals surface area contributed by atoms with Crippen molar-refractivity contribution in [3.63, 3.8) is 0 Å². The van der Waals surface area contributed by atoms with Gasteiger partial charge < -0.3 is 14.4 Å². The molecule has 0 spiro atoms. The van der Waals surface area contributed by atoms with Crippen molar-refractivity contribution in [2.24, 2.45) is 7.05 Å². The van der Waals surface area contributed by atoms with Crippen molar-refractivity contribution in [3.8, 4) is 0 Å². The molecule has 1 amide bonds. The Hall–Kier alpha value is -2.87. The third-order valence-electron chi connectivity index (χ3n) is 4.90. The number of carbonyl (C=O) groups excluding carboxylic acids is 1. The number of hydrogen-bond donors (Lipinski definition) is 0. The lowest BCUT2D eigenvalue weighted by Gasteiger charge is -2.35. The van der Waals surface area contributed by atoms with Crippen molar-refractivity contribution in [1.29, 1.82) is 0 Å². The van der Waals surface area contributed by atoms with Crippen LogP contribution in [0.3, 0.4) is 0 Å². The van der Waals surface area contributed by atoms with Gasteiger partial charge in [-0.1, -0.05) is 18.2 Å². The molecule has 3 heterocycles. The molecule has 0 N–H and O–H groups in total. The number of amides is 1. The second-order valence-electron chi connectivity index (χ2n) is 6.63. The quantitative estimate of drug-likeness (QED) is 0.627. The van der Waals surface area contributed by atoms with Crippen molar-refractivity contribution in [2.45, 2.75) is 4.90 Å². The van der Waals surface area contributed by atoms with Crippen LogP contribution < -0.4 is 10.5 Å². The fourth-order valence-electron chi connectivity index (χ4n) is 3.28. The lowest BCUT2D eigenvalue weighted by molar-refractivity contribution is -0.128. The zero-order valence-corrected chi connectivity index (χ0v) is 16.4. The molecule has 1 saturated heterocycles. The molecular weight excluding hydrogens is 374 g/mol. The summed E-state index contributed by atoms with van der Waals surface area (Å²) in [7, 11) is 1.73. The van der Waals surface area contributed by atoms with Crippen LogP contribution >= 0.6 is 11.8 Å². The first kappa shape index (κ1) is 18.5. The summed E-state index contributed by atoms with van der Waals surface area (Å²) in [4.78, 5) is 38.8. The van der Waals surface area contributed by atoms with E-state index in [1.54, 1.807) is 41.8 Å². The van der Waals surface area contributed by atoms with Crippen LogP contribution in [0.1, 0.15) is 0 Å². The number of hydrogen-bond acceptors (Lipinski definition) is 6. The van der Waals surface area contributed by atoms with E-state index in [4.69, 9.17) is 0 Å². The summed E-state index contributed by atoms with van der Waals surface area (Å²) in [6.45, 7) is 2.38. The number of anilines is 1. The SMILES string of the molecule is Cn1c(=O)c(N2CCN(C(=O)CSc3ccccc3)CC2)nc2ccncc21. The van der Waals surface area contributed by atoms with Crippen LogP contribution in [-0.2, 0) is 11.8 Å². The third-order valence-corrected chi connectivity index (χ3v) is 5.90. The Balaban J connectivity index is 1.41. The molecule has 2 aromatic heterocycles. The molecule has 0 saturated carbocycles. The predicted molar refractivity (Wildman–Crippen MR) is 111 cm³/mol. The molecule has 4 rings (SSSR count). The molecule has 0 atom stereocenters. The zero-order chi connectivity index (χ0) is 19.5. The van der Waals surface area contributed by atoms with E-state index in [1.807, 2.05) is 40.1 Å². The van der Waals surface area contributed by atoms with E-state index >= 15 is 0 Å². The first-order valence-corrected chi connectivity index (χ1v) is 10.1. The van der Waals surface area contributed by atoms with Gasteiger partial charge in [0.25, 0.3) is 5.56 Å². The van der Waals surface area contributed by atoms with Gasteiger partial charge in [0, 0.05) is 44.3 Å². The maximum absolute atomic E-state index is 12.7. The molecule has 0 aliphatic carbocycles. The summed E-state index contributed by atoms with van der Waals surface area (Å²) in [6.07, 6.45) is 3.32. The van der Waals surface area contributed by atoms with Gasteiger partial charge in [0.15, 0.2) is 5.82 Å². The molecular formula is C20H21N5O2S. The van der Waals surface area contributed by atoms with Crippen molar-refractivity contribution in [2.75, 3.05) is 36.8 Å². The topological polar surface area (TPSA) is 71.3 Å². The first-order valence-electron chi connectivity index (χ1n) is 9.15. The number of nitrogens with zero attached hydrogens (tertiary/aromatic N) is 5. The van der Waals surface area contributed by atoms with E-state index in [9.17, 15) is 9.59 Å². The normalized spacial score (nSPS) is 14.5. The molecule has 1 aliphatic rings.